The molecule has 6 heteroatoms. The van der Waals surface area contributed by atoms with Crippen LogP contribution in [-0.4, -0.2) is 24.1 Å². The van der Waals surface area contributed by atoms with E-state index in [1.54, 1.807) is 18.2 Å². The van der Waals surface area contributed by atoms with E-state index in [0.717, 1.165) is 10.9 Å². The van der Waals surface area contributed by atoms with Crippen LogP contribution in [0.4, 0.5) is 5.69 Å². The largest absolute Gasteiger partial charge is 0.550 e. The maximum absolute atomic E-state index is 12.3. The smallest absolute Gasteiger partial charge is 0.230 e. The zero-order valence-electron chi connectivity index (χ0n) is 10.5. The fraction of sp³-hybridized carbons (Fsp3) is 0.429. The summed E-state index contributed by atoms with van der Waals surface area (Å²) in [5.41, 5.74) is 0.629. The molecule has 0 radical (unpaired) electrons. The first-order chi connectivity index (χ1) is 9.56. The number of ether oxygens (including phenoxy) is 1. The molecule has 0 aliphatic carbocycles. The Balaban J connectivity index is 1.78. The standard InChI is InChI=1S/C14H14BrNO4/c15-7-2-1-3-8(6-7)16-13(17)11-9-4-5-10(20-9)12(11)14(18)19/h1-3,6,9-12H,4-5H2,(H,16,17)(H,18,19)/p-1/t9-,10+,11-,12-/m0/s1. The Morgan fingerprint density at radius 3 is 2.60 bits per heavy atom. The molecule has 20 heavy (non-hydrogen) atoms. The molecule has 2 aliphatic heterocycles. The quantitative estimate of drug-likeness (QED) is 0.889. The summed E-state index contributed by atoms with van der Waals surface area (Å²) in [6, 6.07) is 7.16. The lowest BCUT2D eigenvalue weighted by Gasteiger charge is -2.27. The zero-order valence-corrected chi connectivity index (χ0v) is 12.1. The minimum absolute atomic E-state index is 0.310. The number of anilines is 1. The van der Waals surface area contributed by atoms with Crippen molar-refractivity contribution >= 4 is 33.5 Å². The second-order valence-electron chi connectivity index (χ2n) is 5.16. The van der Waals surface area contributed by atoms with Gasteiger partial charge in [-0.15, -0.1) is 0 Å². The highest BCUT2D eigenvalue weighted by Gasteiger charge is 2.52. The fourth-order valence-corrected chi connectivity index (χ4v) is 3.50. The number of rotatable bonds is 3. The second-order valence-corrected chi connectivity index (χ2v) is 6.08. The maximum atomic E-state index is 12.3. The number of fused-ring (bicyclic) bond motifs is 2. The van der Waals surface area contributed by atoms with Crippen molar-refractivity contribution in [3.63, 3.8) is 0 Å². The Kier molecular flexibility index (Phi) is 3.52. The summed E-state index contributed by atoms with van der Waals surface area (Å²) in [6.07, 6.45) is 0.716. The first kappa shape index (κ1) is 13.6. The molecule has 0 aromatic heterocycles. The molecule has 0 saturated carbocycles. The molecule has 4 atom stereocenters. The van der Waals surface area contributed by atoms with Gasteiger partial charge in [0.15, 0.2) is 0 Å². The van der Waals surface area contributed by atoms with Gasteiger partial charge in [-0.2, -0.15) is 0 Å². The molecule has 3 rings (SSSR count). The van der Waals surface area contributed by atoms with E-state index >= 15 is 0 Å². The molecule has 0 spiro atoms. The number of amides is 1. The van der Waals surface area contributed by atoms with Crippen LogP contribution in [0.1, 0.15) is 12.8 Å². The summed E-state index contributed by atoms with van der Waals surface area (Å²) in [7, 11) is 0. The van der Waals surface area contributed by atoms with Crippen molar-refractivity contribution in [2.24, 2.45) is 11.8 Å². The number of hydrogen-bond donors (Lipinski definition) is 1. The lowest BCUT2D eigenvalue weighted by molar-refractivity contribution is -0.313. The van der Waals surface area contributed by atoms with Gasteiger partial charge in [0, 0.05) is 22.0 Å². The Hall–Kier alpha value is -1.40. The summed E-state index contributed by atoms with van der Waals surface area (Å²) >= 11 is 3.32. The van der Waals surface area contributed by atoms with Crippen molar-refractivity contribution in [3.8, 4) is 0 Å². The van der Waals surface area contributed by atoms with Gasteiger partial charge in [-0.25, -0.2) is 0 Å². The van der Waals surface area contributed by atoms with Gasteiger partial charge in [0.05, 0.1) is 18.1 Å². The van der Waals surface area contributed by atoms with Crippen LogP contribution >= 0.6 is 15.9 Å². The molecule has 2 bridgehead atoms. The summed E-state index contributed by atoms with van der Waals surface area (Å²) in [4.78, 5) is 23.6. The minimum atomic E-state index is -1.20. The van der Waals surface area contributed by atoms with Crippen molar-refractivity contribution in [1.82, 2.24) is 0 Å². The lowest BCUT2D eigenvalue weighted by Crippen LogP contribution is -2.46. The third-order valence-electron chi connectivity index (χ3n) is 3.94. The van der Waals surface area contributed by atoms with Crippen LogP contribution in [0.25, 0.3) is 0 Å². The zero-order chi connectivity index (χ0) is 14.3. The van der Waals surface area contributed by atoms with E-state index in [1.807, 2.05) is 6.07 Å². The number of carbonyl (C=O) groups is 2. The molecule has 2 aliphatic rings. The normalized spacial score (nSPS) is 31.2. The van der Waals surface area contributed by atoms with Gasteiger partial charge in [0.25, 0.3) is 0 Å². The number of hydrogen-bond acceptors (Lipinski definition) is 4. The van der Waals surface area contributed by atoms with Gasteiger partial charge in [-0.1, -0.05) is 22.0 Å². The Labute approximate surface area is 124 Å². The molecule has 0 unspecified atom stereocenters. The number of nitrogens with one attached hydrogen (secondary N) is 1. The highest BCUT2D eigenvalue weighted by Crippen LogP contribution is 2.43. The van der Waals surface area contributed by atoms with Gasteiger partial charge in [-0.05, 0) is 31.0 Å². The Morgan fingerprint density at radius 2 is 1.95 bits per heavy atom. The summed E-state index contributed by atoms with van der Waals surface area (Å²) in [5, 5.41) is 14.0. The fourth-order valence-electron chi connectivity index (χ4n) is 3.10. The van der Waals surface area contributed by atoms with Crippen molar-refractivity contribution < 1.29 is 19.4 Å². The van der Waals surface area contributed by atoms with E-state index in [0.29, 0.717) is 12.1 Å². The first-order valence-corrected chi connectivity index (χ1v) is 7.28. The van der Waals surface area contributed by atoms with Gasteiger partial charge >= 0.3 is 0 Å². The van der Waals surface area contributed by atoms with Crippen LogP contribution in [0, 0.1) is 11.8 Å². The summed E-state index contributed by atoms with van der Waals surface area (Å²) in [6.45, 7) is 0. The molecule has 2 saturated heterocycles. The summed E-state index contributed by atoms with van der Waals surface area (Å²) in [5.74, 6) is -3.03. The van der Waals surface area contributed by atoms with Gasteiger partial charge in [0.1, 0.15) is 0 Å². The molecule has 1 N–H and O–H groups in total. The molecule has 1 aromatic carbocycles. The van der Waals surface area contributed by atoms with Crippen LogP contribution in [0.5, 0.6) is 0 Å². The second kappa shape index (κ2) is 5.18. The predicted molar refractivity (Wildman–Crippen MR) is 72.7 cm³/mol. The molecular weight excluding hydrogens is 326 g/mol. The highest BCUT2D eigenvalue weighted by atomic mass is 79.9. The van der Waals surface area contributed by atoms with Crippen LogP contribution in [0.15, 0.2) is 28.7 Å². The first-order valence-electron chi connectivity index (χ1n) is 6.49. The van der Waals surface area contributed by atoms with Crippen molar-refractivity contribution in [3.05, 3.63) is 28.7 Å². The molecule has 2 fully saturated rings. The molecule has 1 amide bonds. The maximum Gasteiger partial charge on any atom is 0.230 e. The van der Waals surface area contributed by atoms with E-state index in [-0.39, 0.29) is 18.1 Å². The van der Waals surface area contributed by atoms with E-state index in [1.165, 1.54) is 0 Å². The SMILES string of the molecule is O=C(Nc1cccc(Br)c1)[C@@H]1[C@@H](C(=O)[O-])[C@H]2CC[C@@H]1O2. The van der Waals surface area contributed by atoms with Gasteiger partial charge in [0.2, 0.25) is 5.91 Å². The van der Waals surface area contributed by atoms with Crippen molar-refractivity contribution in [1.29, 1.82) is 0 Å². The highest BCUT2D eigenvalue weighted by molar-refractivity contribution is 9.10. The number of carbonyl (C=O) groups excluding carboxylic acids is 2. The molecular formula is C14H13BrNO4-. The Bertz CT molecular complexity index is 562. The topological polar surface area (TPSA) is 78.5 Å². The minimum Gasteiger partial charge on any atom is -0.550 e. The monoisotopic (exact) mass is 338 g/mol. The van der Waals surface area contributed by atoms with Crippen LogP contribution in [-0.2, 0) is 14.3 Å². The van der Waals surface area contributed by atoms with Gasteiger partial charge < -0.3 is 20.0 Å². The number of carboxylic acid groups (broad SMARTS) is 1. The van der Waals surface area contributed by atoms with Crippen LogP contribution in [0.2, 0.25) is 0 Å². The van der Waals surface area contributed by atoms with Crippen molar-refractivity contribution in [2.75, 3.05) is 5.32 Å². The lowest BCUT2D eigenvalue weighted by atomic mass is 9.78. The van der Waals surface area contributed by atoms with E-state index in [9.17, 15) is 14.7 Å². The Morgan fingerprint density at radius 1 is 1.25 bits per heavy atom. The summed E-state index contributed by atoms with van der Waals surface area (Å²) < 4.78 is 6.39. The third kappa shape index (κ3) is 2.33. The van der Waals surface area contributed by atoms with Crippen LogP contribution in [0.3, 0.4) is 0 Å². The van der Waals surface area contributed by atoms with Crippen LogP contribution < -0.4 is 10.4 Å². The molecule has 2 heterocycles. The van der Waals surface area contributed by atoms with Gasteiger partial charge in [-0.3, -0.25) is 4.79 Å². The number of carboxylic acids is 1. The number of aliphatic carboxylic acids is 1. The molecule has 5 nitrogen and oxygen atoms in total. The number of halogens is 1. The van der Waals surface area contributed by atoms with E-state index in [2.05, 4.69) is 21.2 Å². The third-order valence-corrected chi connectivity index (χ3v) is 4.43. The molecule has 1 aromatic rings. The number of benzene rings is 1. The molecule has 106 valence electrons. The average Bonchev–Trinajstić information content (AvgIpc) is 2.98. The predicted octanol–water partition coefficient (Wildman–Crippen LogP) is 0.931. The van der Waals surface area contributed by atoms with E-state index < -0.39 is 17.8 Å². The average molecular weight is 339 g/mol. The van der Waals surface area contributed by atoms with E-state index in [4.69, 9.17) is 4.74 Å². The van der Waals surface area contributed by atoms with Crippen molar-refractivity contribution in [2.45, 2.75) is 25.0 Å².